The summed E-state index contributed by atoms with van der Waals surface area (Å²) in [5, 5.41) is 8.26. The summed E-state index contributed by atoms with van der Waals surface area (Å²) in [6.45, 7) is 0.506. The van der Waals surface area contributed by atoms with E-state index in [4.69, 9.17) is 5.41 Å². The van der Waals surface area contributed by atoms with Crippen LogP contribution in [0.3, 0.4) is 0 Å². The highest BCUT2D eigenvalue weighted by atomic mass is 19.4. The van der Waals surface area contributed by atoms with E-state index in [1.54, 1.807) is 0 Å². The van der Waals surface area contributed by atoms with Gasteiger partial charge in [-0.15, -0.1) is 0 Å². The molecule has 0 aliphatic heterocycles. The van der Waals surface area contributed by atoms with E-state index in [0.717, 1.165) is 34.2 Å². The van der Waals surface area contributed by atoms with E-state index in [1.807, 2.05) is 35.0 Å². The van der Waals surface area contributed by atoms with Crippen molar-refractivity contribution < 1.29 is 13.2 Å². The maximum absolute atomic E-state index is 12.6. The van der Waals surface area contributed by atoms with Crippen molar-refractivity contribution in [1.29, 1.82) is 5.41 Å². The third-order valence-electron chi connectivity index (χ3n) is 3.60. The minimum Gasteiger partial charge on any atom is -0.343 e. The number of benzene rings is 2. The zero-order chi connectivity index (χ0) is 15.7. The van der Waals surface area contributed by atoms with Crippen molar-refractivity contribution in [3.8, 4) is 0 Å². The van der Waals surface area contributed by atoms with E-state index in [2.05, 4.69) is 0 Å². The summed E-state index contributed by atoms with van der Waals surface area (Å²) in [6, 6.07) is 12.8. The first-order chi connectivity index (χ1) is 10.5. The molecule has 3 rings (SSSR count). The molecule has 0 spiro atoms. The van der Waals surface area contributed by atoms with Crippen LogP contribution >= 0.6 is 0 Å². The maximum Gasteiger partial charge on any atom is 0.416 e. The van der Waals surface area contributed by atoms with Crippen molar-refractivity contribution in [3.05, 3.63) is 71.4 Å². The molecule has 0 saturated carbocycles. The van der Waals surface area contributed by atoms with Crippen LogP contribution < -0.4 is 0 Å². The summed E-state index contributed by atoms with van der Waals surface area (Å²) >= 11 is 0. The first-order valence-corrected chi connectivity index (χ1v) is 6.73. The number of nitrogens with zero attached hydrogens (tertiary/aromatic N) is 1. The van der Waals surface area contributed by atoms with Gasteiger partial charge in [-0.1, -0.05) is 18.2 Å². The predicted molar refractivity (Wildman–Crippen MR) is 80.4 cm³/mol. The normalized spacial score (nSPS) is 11.8. The molecule has 0 atom stereocenters. The van der Waals surface area contributed by atoms with Crippen LogP contribution in [0, 0.1) is 5.41 Å². The van der Waals surface area contributed by atoms with Gasteiger partial charge in [-0.3, -0.25) is 0 Å². The molecule has 1 aromatic heterocycles. The van der Waals surface area contributed by atoms with Gasteiger partial charge in [0.25, 0.3) is 0 Å². The van der Waals surface area contributed by atoms with E-state index < -0.39 is 11.7 Å². The Morgan fingerprint density at radius 2 is 1.73 bits per heavy atom. The Hall–Kier alpha value is -2.56. The second-order valence-electron chi connectivity index (χ2n) is 5.10. The molecule has 5 heteroatoms. The SMILES string of the molecule is N=Cc1ccc2c(ccn2Cc2ccc(C(F)(F)F)cc2)c1. The van der Waals surface area contributed by atoms with Crippen LogP contribution in [0.1, 0.15) is 16.7 Å². The van der Waals surface area contributed by atoms with Crippen molar-refractivity contribution in [1.82, 2.24) is 4.57 Å². The average molecular weight is 302 g/mol. The lowest BCUT2D eigenvalue weighted by Crippen LogP contribution is -2.05. The molecule has 3 aromatic rings. The highest BCUT2D eigenvalue weighted by Crippen LogP contribution is 2.29. The van der Waals surface area contributed by atoms with Gasteiger partial charge in [0.15, 0.2) is 0 Å². The molecule has 2 nitrogen and oxygen atoms in total. The Morgan fingerprint density at radius 1 is 1.00 bits per heavy atom. The number of rotatable bonds is 3. The topological polar surface area (TPSA) is 28.8 Å². The number of aromatic nitrogens is 1. The lowest BCUT2D eigenvalue weighted by molar-refractivity contribution is -0.137. The van der Waals surface area contributed by atoms with Gasteiger partial charge >= 0.3 is 6.18 Å². The van der Waals surface area contributed by atoms with Gasteiger partial charge in [-0.2, -0.15) is 13.2 Å². The number of hydrogen-bond acceptors (Lipinski definition) is 1. The molecule has 0 aliphatic carbocycles. The summed E-state index contributed by atoms with van der Waals surface area (Å²) in [7, 11) is 0. The molecule has 0 fully saturated rings. The summed E-state index contributed by atoms with van der Waals surface area (Å²) in [6.07, 6.45) is -1.12. The number of fused-ring (bicyclic) bond motifs is 1. The fourth-order valence-corrected chi connectivity index (χ4v) is 2.44. The highest BCUT2D eigenvalue weighted by molar-refractivity contribution is 5.88. The van der Waals surface area contributed by atoms with Crippen LogP contribution in [0.5, 0.6) is 0 Å². The molecule has 1 N–H and O–H groups in total. The number of hydrogen-bond donors (Lipinski definition) is 1. The third kappa shape index (κ3) is 2.74. The van der Waals surface area contributed by atoms with Crippen molar-refractivity contribution in [2.45, 2.75) is 12.7 Å². The van der Waals surface area contributed by atoms with Gasteiger partial charge in [0.2, 0.25) is 0 Å². The van der Waals surface area contributed by atoms with Gasteiger partial charge in [0.1, 0.15) is 0 Å². The molecule has 0 saturated heterocycles. The van der Waals surface area contributed by atoms with Gasteiger partial charge in [0.05, 0.1) is 5.56 Å². The minimum absolute atomic E-state index is 0.506. The molecule has 112 valence electrons. The Balaban J connectivity index is 1.88. The molecule has 0 amide bonds. The highest BCUT2D eigenvalue weighted by Gasteiger charge is 2.29. The second-order valence-corrected chi connectivity index (χ2v) is 5.10. The lowest BCUT2D eigenvalue weighted by Gasteiger charge is -2.09. The molecule has 0 bridgehead atoms. The average Bonchev–Trinajstić information content (AvgIpc) is 2.89. The first-order valence-electron chi connectivity index (χ1n) is 6.73. The predicted octanol–water partition coefficient (Wildman–Crippen LogP) is 4.71. The number of nitrogens with one attached hydrogen (secondary N) is 1. The fourth-order valence-electron chi connectivity index (χ4n) is 2.44. The summed E-state index contributed by atoms with van der Waals surface area (Å²) in [4.78, 5) is 0. The number of alkyl halides is 3. The fraction of sp³-hybridized carbons (Fsp3) is 0.118. The van der Waals surface area contributed by atoms with Crippen molar-refractivity contribution in [2.24, 2.45) is 0 Å². The maximum atomic E-state index is 12.6. The first kappa shape index (κ1) is 14.4. The van der Waals surface area contributed by atoms with E-state index in [9.17, 15) is 13.2 Å². The monoisotopic (exact) mass is 302 g/mol. The lowest BCUT2D eigenvalue weighted by atomic mass is 10.1. The van der Waals surface area contributed by atoms with Crippen molar-refractivity contribution in [3.63, 3.8) is 0 Å². The van der Waals surface area contributed by atoms with Crippen LogP contribution in [0.25, 0.3) is 10.9 Å². The molecular weight excluding hydrogens is 289 g/mol. The van der Waals surface area contributed by atoms with E-state index in [1.165, 1.54) is 18.3 Å². The van der Waals surface area contributed by atoms with Crippen molar-refractivity contribution >= 4 is 17.1 Å². The van der Waals surface area contributed by atoms with Gasteiger partial charge in [-0.05, 0) is 41.5 Å². The van der Waals surface area contributed by atoms with Gasteiger partial charge in [0, 0.05) is 29.9 Å². The van der Waals surface area contributed by atoms with Crippen LogP contribution in [0.4, 0.5) is 13.2 Å². The smallest absolute Gasteiger partial charge is 0.343 e. The van der Waals surface area contributed by atoms with Crippen LogP contribution in [0.15, 0.2) is 54.7 Å². The standard InChI is InChI=1S/C17H13F3N2/c18-17(19,20)15-4-1-12(2-5-15)11-22-8-7-14-9-13(10-21)3-6-16(14)22/h1-10,21H,11H2. The zero-order valence-corrected chi connectivity index (χ0v) is 11.6. The zero-order valence-electron chi connectivity index (χ0n) is 11.6. The molecule has 0 radical (unpaired) electrons. The van der Waals surface area contributed by atoms with E-state index in [0.29, 0.717) is 6.54 Å². The summed E-state index contributed by atoms with van der Waals surface area (Å²) in [5.41, 5.74) is 1.98. The molecule has 0 aliphatic rings. The molecule has 22 heavy (non-hydrogen) atoms. The van der Waals surface area contributed by atoms with Crippen LogP contribution in [-0.2, 0) is 12.7 Å². The molecule has 0 unspecified atom stereocenters. The number of halogens is 3. The van der Waals surface area contributed by atoms with Crippen molar-refractivity contribution in [2.75, 3.05) is 0 Å². The Labute approximate surface area is 125 Å². The van der Waals surface area contributed by atoms with Gasteiger partial charge in [-0.25, -0.2) is 0 Å². The Morgan fingerprint density at radius 3 is 2.36 bits per heavy atom. The second kappa shape index (κ2) is 5.33. The quantitative estimate of drug-likeness (QED) is 0.679. The molecule has 2 aromatic carbocycles. The largest absolute Gasteiger partial charge is 0.416 e. The molecular formula is C17H13F3N2. The summed E-state index contributed by atoms with van der Waals surface area (Å²) < 4.78 is 39.6. The third-order valence-corrected chi connectivity index (χ3v) is 3.60. The molecule has 1 heterocycles. The Kier molecular flexibility index (Phi) is 3.48. The van der Waals surface area contributed by atoms with Crippen LogP contribution in [0.2, 0.25) is 0 Å². The summed E-state index contributed by atoms with van der Waals surface area (Å²) in [5.74, 6) is 0. The van der Waals surface area contributed by atoms with E-state index in [-0.39, 0.29) is 0 Å². The minimum atomic E-state index is -4.30. The van der Waals surface area contributed by atoms with E-state index >= 15 is 0 Å². The van der Waals surface area contributed by atoms with Gasteiger partial charge < -0.3 is 9.98 Å². The Bertz CT molecular complexity index is 814. The van der Waals surface area contributed by atoms with Crippen LogP contribution in [-0.4, -0.2) is 10.8 Å².